The summed E-state index contributed by atoms with van der Waals surface area (Å²) in [4.78, 5) is 11.5. The minimum Gasteiger partial charge on any atom is -0.466 e. The highest BCUT2D eigenvalue weighted by Crippen LogP contribution is 2.37. The molecule has 2 aromatic rings. The van der Waals surface area contributed by atoms with Gasteiger partial charge in [0, 0.05) is 9.66 Å². The summed E-state index contributed by atoms with van der Waals surface area (Å²) < 4.78 is 12.3. The fraction of sp³-hybridized carbons (Fsp3) is 0.286. The van der Waals surface area contributed by atoms with Gasteiger partial charge in [0.1, 0.15) is 0 Å². The molecule has 0 unspecified atom stereocenters. The Morgan fingerprint density at radius 1 is 1.00 bits per heavy atom. The van der Waals surface area contributed by atoms with Gasteiger partial charge in [-0.25, -0.2) is 4.79 Å². The second-order valence-corrected chi connectivity index (χ2v) is 12.8. The van der Waals surface area contributed by atoms with Crippen LogP contribution < -0.4 is 10.4 Å². The first-order valence-electron chi connectivity index (χ1n) is 8.50. The minimum absolute atomic E-state index is 0.0854. The Hall–Kier alpha value is -1.44. The third-order valence-corrected chi connectivity index (χ3v) is 9.92. The molecule has 0 amide bonds. The Morgan fingerprint density at radius 2 is 1.46 bits per heavy atom. The van der Waals surface area contributed by atoms with Crippen LogP contribution in [0.15, 0.2) is 70.3 Å². The van der Waals surface area contributed by atoms with Gasteiger partial charge in [0.2, 0.25) is 0 Å². The van der Waals surface area contributed by atoms with Gasteiger partial charge in [0.15, 0.2) is 0 Å². The van der Waals surface area contributed by atoms with Gasteiger partial charge in [-0.05, 0) is 38.0 Å². The summed E-state index contributed by atoms with van der Waals surface area (Å²) in [6.07, 6.45) is 1.48. The van der Waals surface area contributed by atoms with Crippen LogP contribution in [0.5, 0.6) is 0 Å². The number of hydrogen-bond donors (Lipinski definition) is 0. The summed E-state index contributed by atoms with van der Waals surface area (Å²) in [6.45, 7) is 7.07. The standard InChI is InChI=1S/C21H25IO3Si/c1-21(2,3)26(18-11-7-5-8-12-18,19-13-9-6-10-14-19)25-16-17(22)15-20(23)24-4/h5-15H,16H2,1-4H3/b17-15-. The molecule has 5 heteroatoms. The Morgan fingerprint density at radius 3 is 1.85 bits per heavy atom. The lowest BCUT2D eigenvalue weighted by Gasteiger charge is -2.43. The topological polar surface area (TPSA) is 35.5 Å². The largest absolute Gasteiger partial charge is 0.466 e. The number of methoxy groups -OCH3 is 1. The average Bonchev–Trinajstić information content (AvgIpc) is 2.62. The van der Waals surface area contributed by atoms with E-state index in [1.165, 1.54) is 23.6 Å². The van der Waals surface area contributed by atoms with Gasteiger partial charge in [-0.15, -0.1) is 0 Å². The zero-order valence-corrected chi connectivity index (χ0v) is 18.8. The van der Waals surface area contributed by atoms with Crippen LogP contribution in [0.4, 0.5) is 0 Å². The number of carbonyl (C=O) groups excluding carboxylic acids is 1. The number of rotatable bonds is 6. The van der Waals surface area contributed by atoms with E-state index in [2.05, 4.69) is 91.9 Å². The molecule has 0 atom stereocenters. The molecule has 0 aromatic heterocycles. The molecular formula is C21H25IO3Si. The Labute approximate surface area is 170 Å². The van der Waals surface area contributed by atoms with Gasteiger partial charge < -0.3 is 9.16 Å². The summed E-state index contributed by atoms with van der Waals surface area (Å²) >= 11 is 2.14. The quantitative estimate of drug-likeness (QED) is 0.271. The number of benzene rings is 2. The first-order valence-corrected chi connectivity index (χ1v) is 11.5. The molecule has 3 nitrogen and oxygen atoms in total. The summed E-state index contributed by atoms with van der Waals surface area (Å²) in [7, 11) is -1.19. The maximum atomic E-state index is 11.5. The Kier molecular flexibility index (Phi) is 7.20. The normalized spacial score (nSPS) is 12.7. The lowest BCUT2D eigenvalue weighted by molar-refractivity contribution is -0.134. The second-order valence-electron chi connectivity index (χ2n) is 7.07. The molecule has 0 aliphatic rings. The predicted molar refractivity (Wildman–Crippen MR) is 118 cm³/mol. The van der Waals surface area contributed by atoms with E-state index in [9.17, 15) is 4.79 Å². The van der Waals surface area contributed by atoms with Crippen LogP contribution in [0.1, 0.15) is 20.8 Å². The van der Waals surface area contributed by atoms with Gasteiger partial charge in [-0.2, -0.15) is 0 Å². The highest BCUT2D eigenvalue weighted by molar-refractivity contribution is 14.1. The van der Waals surface area contributed by atoms with E-state index in [4.69, 9.17) is 9.16 Å². The average molecular weight is 480 g/mol. The molecule has 0 aliphatic heterocycles. The van der Waals surface area contributed by atoms with E-state index in [-0.39, 0.29) is 11.0 Å². The summed E-state index contributed by atoms with van der Waals surface area (Å²) in [5.41, 5.74) is 0. The summed E-state index contributed by atoms with van der Waals surface area (Å²) in [5.74, 6) is -0.361. The Balaban J connectivity index is 2.54. The monoisotopic (exact) mass is 480 g/mol. The van der Waals surface area contributed by atoms with Crippen molar-refractivity contribution >= 4 is 47.3 Å². The molecule has 0 heterocycles. The van der Waals surface area contributed by atoms with Crippen molar-refractivity contribution in [3.63, 3.8) is 0 Å². The SMILES string of the molecule is COC(=O)/C=C(\I)CO[Si](c1ccccc1)(c1ccccc1)C(C)(C)C. The maximum Gasteiger partial charge on any atom is 0.331 e. The maximum absolute atomic E-state index is 11.5. The number of esters is 1. The van der Waals surface area contributed by atoms with Crippen molar-refractivity contribution in [2.45, 2.75) is 25.8 Å². The molecule has 0 radical (unpaired) electrons. The number of halogens is 1. The predicted octanol–water partition coefficient (Wildman–Crippen LogP) is 4.05. The molecule has 26 heavy (non-hydrogen) atoms. The van der Waals surface area contributed by atoms with Crippen LogP contribution in [-0.2, 0) is 14.0 Å². The van der Waals surface area contributed by atoms with Crippen LogP contribution >= 0.6 is 22.6 Å². The van der Waals surface area contributed by atoms with Crippen molar-refractivity contribution in [3.05, 3.63) is 70.3 Å². The molecular weight excluding hydrogens is 455 g/mol. The van der Waals surface area contributed by atoms with Gasteiger partial charge in [-0.1, -0.05) is 81.4 Å². The van der Waals surface area contributed by atoms with E-state index >= 15 is 0 Å². The number of hydrogen-bond acceptors (Lipinski definition) is 3. The fourth-order valence-corrected chi connectivity index (χ4v) is 8.40. The zero-order chi connectivity index (χ0) is 19.2. The second kappa shape index (κ2) is 8.97. The van der Waals surface area contributed by atoms with Gasteiger partial charge in [0.05, 0.1) is 13.7 Å². The van der Waals surface area contributed by atoms with Crippen LogP contribution in [0.25, 0.3) is 0 Å². The highest BCUT2D eigenvalue weighted by Gasteiger charge is 2.50. The van der Waals surface area contributed by atoms with Crippen molar-refractivity contribution in [1.29, 1.82) is 0 Å². The van der Waals surface area contributed by atoms with Gasteiger partial charge in [-0.3, -0.25) is 0 Å². The molecule has 0 bridgehead atoms. The van der Waals surface area contributed by atoms with Crippen molar-refractivity contribution in [1.82, 2.24) is 0 Å². The van der Waals surface area contributed by atoms with Crippen LogP contribution in [0.3, 0.4) is 0 Å². The van der Waals surface area contributed by atoms with Crippen LogP contribution in [0.2, 0.25) is 5.04 Å². The molecule has 0 spiro atoms. The minimum atomic E-state index is -2.57. The van der Waals surface area contributed by atoms with Gasteiger partial charge in [0.25, 0.3) is 8.32 Å². The van der Waals surface area contributed by atoms with Crippen molar-refractivity contribution in [3.8, 4) is 0 Å². The van der Waals surface area contributed by atoms with Crippen LogP contribution in [-0.4, -0.2) is 28.0 Å². The molecule has 0 saturated heterocycles. The molecule has 0 N–H and O–H groups in total. The molecule has 2 rings (SSSR count). The first-order chi connectivity index (χ1) is 12.3. The summed E-state index contributed by atoms with van der Waals surface area (Å²) in [5, 5.41) is 2.36. The van der Waals surface area contributed by atoms with Crippen LogP contribution in [0, 0.1) is 0 Å². The third kappa shape index (κ3) is 4.63. The van der Waals surface area contributed by atoms with E-state index < -0.39 is 8.32 Å². The smallest absolute Gasteiger partial charge is 0.331 e. The summed E-state index contributed by atoms with van der Waals surface area (Å²) in [6, 6.07) is 20.9. The lowest BCUT2D eigenvalue weighted by atomic mass is 10.2. The van der Waals surface area contributed by atoms with E-state index in [0.29, 0.717) is 6.61 Å². The third-order valence-electron chi connectivity index (χ3n) is 4.32. The Bertz CT molecular complexity index is 712. The molecule has 0 fully saturated rings. The van der Waals surface area contributed by atoms with Crippen molar-refractivity contribution < 1.29 is 14.0 Å². The van der Waals surface area contributed by atoms with Crippen molar-refractivity contribution in [2.24, 2.45) is 0 Å². The zero-order valence-electron chi connectivity index (χ0n) is 15.7. The number of carbonyl (C=O) groups is 1. The van der Waals surface area contributed by atoms with E-state index in [0.717, 1.165) is 3.58 Å². The molecule has 0 aliphatic carbocycles. The first kappa shape index (κ1) is 20.9. The molecule has 138 valence electrons. The van der Waals surface area contributed by atoms with Gasteiger partial charge >= 0.3 is 5.97 Å². The van der Waals surface area contributed by atoms with Crippen molar-refractivity contribution in [2.75, 3.05) is 13.7 Å². The van der Waals surface area contributed by atoms with E-state index in [1.54, 1.807) is 0 Å². The fourth-order valence-electron chi connectivity index (χ4n) is 3.17. The van der Waals surface area contributed by atoms with E-state index in [1.807, 2.05) is 12.1 Å². The highest BCUT2D eigenvalue weighted by atomic mass is 127. The number of ether oxygens (including phenoxy) is 1. The molecule has 0 saturated carbocycles. The molecule has 2 aromatic carbocycles. The lowest BCUT2D eigenvalue weighted by Crippen LogP contribution is -2.66.